The molecule has 0 aromatic heterocycles. The average molecular weight is 175 g/mol. The smallest absolute Gasteiger partial charge is 0.255 e. The van der Waals surface area contributed by atoms with Crippen LogP contribution in [0.25, 0.3) is 0 Å². The second-order valence-electron chi connectivity index (χ2n) is 2.33. The zero-order valence-electron chi connectivity index (χ0n) is 6.94. The van der Waals surface area contributed by atoms with E-state index in [9.17, 15) is 9.59 Å². The number of carbonyl (C=O) groups excluding carboxylic acids is 2. The zero-order chi connectivity index (χ0) is 9.52. The molecule has 0 heterocycles. The molecule has 3 nitrogen and oxygen atoms in total. The Balaban J connectivity index is 2.59. The van der Waals surface area contributed by atoms with Gasteiger partial charge in [-0.05, 0) is 18.2 Å². The van der Waals surface area contributed by atoms with E-state index < -0.39 is 0 Å². The molecule has 0 aliphatic carbocycles. The number of hydrogen-bond acceptors (Lipinski definition) is 2. The van der Waals surface area contributed by atoms with Gasteiger partial charge in [-0.3, -0.25) is 9.59 Å². The van der Waals surface area contributed by atoms with Crippen molar-refractivity contribution in [2.45, 2.75) is 0 Å². The van der Waals surface area contributed by atoms with Crippen LogP contribution in [0.3, 0.4) is 0 Å². The van der Waals surface area contributed by atoms with Crippen molar-refractivity contribution < 1.29 is 9.59 Å². The van der Waals surface area contributed by atoms with E-state index in [0.717, 1.165) is 0 Å². The zero-order valence-corrected chi connectivity index (χ0v) is 6.94. The van der Waals surface area contributed by atoms with Crippen LogP contribution in [0, 0.1) is 0 Å². The van der Waals surface area contributed by atoms with E-state index in [2.05, 4.69) is 5.32 Å². The number of hydrogen-bond donors (Lipinski definition) is 1. The second-order valence-corrected chi connectivity index (χ2v) is 2.33. The number of nitrogens with one attached hydrogen (secondary N) is 1. The van der Waals surface area contributed by atoms with Gasteiger partial charge in [0.25, 0.3) is 5.91 Å². The third-order valence-electron chi connectivity index (χ3n) is 1.43. The topological polar surface area (TPSA) is 46.2 Å². The summed E-state index contributed by atoms with van der Waals surface area (Å²) in [6, 6.07) is 8.78. The normalized spacial score (nSPS) is 9.85. The van der Waals surface area contributed by atoms with Gasteiger partial charge in [0.15, 0.2) is 0 Å². The first-order chi connectivity index (χ1) is 6.34. The van der Waals surface area contributed by atoms with Crippen LogP contribution in [-0.4, -0.2) is 12.2 Å². The number of benzene rings is 1. The maximum atomic E-state index is 11.2. The van der Waals surface area contributed by atoms with Crippen LogP contribution in [-0.2, 0) is 4.79 Å². The van der Waals surface area contributed by atoms with Crippen molar-refractivity contribution in [3.63, 3.8) is 0 Å². The minimum atomic E-state index is -0.223. The summed E-state index contributed by atoms with van der Waals surface area (Å²) < 4.78 is 0. The van der Waals surface area contributed by atoms with Gasteiger partial charge < -0.3 is 5.32 Å². The number of allylic oxidation sites excluding steroid dienone is 1. The molecular weight excluding hydrogens is 166 g/mol. The van der Waals surface area contributed by atoms with Crippen molar-refractivity contribution >= 4 is 12.2 Å². The maximum Gasteiger partial charge on any atom is 0.255 e. The highest BCUT2D eigenvalue weighted by molar-refractivity contribution is 5.94. The fraction of sp³-hybridized carbons (Fsp3) is 0. The molecule has 1 aromatic carbocycles. The van der Waals surface area contributed by atoms with Gasteiger partial charge >= 0.3 is 0 Å². The molecule has 0 bridgehead atoms. The average Bonchev–Trinajstić information content (AvgIpc) is 2.19. The third kappa shape index (κ3) is 2.91. The lowest BCUT2D eigenvalue weighted by Gasteiger charge is -1.97. The highest BCUT2D eigenvalue weighted by atomic mass is 16.1. The maximum absolute atomic E-state index is 11.2. The first kappa shape index (κ1) is 9.19. The molecule has 1 aromatic rings. The van der Waals surface area contributed by atoms with Crippen LogP contribution in [0.4, 0.5) is 0 Å². The summed E-state index contributed by atoms with van der Waals surface area (Å²) in [7, 11) is 0. The number of rotatable bonds is 3. The fourth-order valence-corrected chi connectivity index (χ4v) is 0.836. The number of amides is 1. The molecule has 0 fully saturated rings. The van der Waals surface area contributed by atoms with Crippen LogP contribution in [0.2, 0.25) is 0 Å². The van der Waals surface area contributed by atoms with Crippen molar-refractivity contribution in [2.24, 2.45) is 0 Å². The summed E-state index contributed by atoms with van der Waals surface area (Å²) >= 11 is 0. The summed E-state index contributed by atoms with van der Waals surface area (Å²) in [4.78, 5) is 21.1. The van der Waals surface area contributed by atoms with E-state index in [1.807, 2.05) is 6.07 Å². The molecule has 1 N–H and O–H groups in total. The van der Waals surface area contributed by atoms with E-state index in [4.69, 9.17) is 0 Å². The second kappa shape index (κ2) is 4.87. The van der Waals surface area contributed by atoms with Crippen LogP contribution in [0.5, 0.6) is 0 Å². The first-order valence-corrected chi connectivity index (χ1v) is 3.81. The van der Waals surface area contributed by atoms with Gasteiger partial charge in [0.1, 0.15) is 6.29 Å². The van der Waals surface area contributed by atoms with Crippen LogP contribution in [0.1, 0.15) is 10.4 Å². The molecule has 1 amide bonds. The van der Waals surface area contributed by atoms with Crippen molar-refractivity contribution in [1.82, 2.24) is 5.32 Å². The lowest BCUT2D eigenvalue weighted by atomic mass is 10.2. The Morgan fingerprint density at radius 2 is 1.92 bits per heavy atom. The van der Waals surface area contributed by atoms with E-state index in [0.29, 0.717) is 11.8 Å². The molecule has 0 saturated heterocycles. The third-order valence-corrected chi connectivity index (χ3v) is 1.43. The molecule has 13 heavy (non-hydrogen) atoms. The molecule has 66 valence electrons. The molecule has 3 heteroatoms. The summed E-state index contributed by atoms with van der Waals surface area (Å²) in [5.41, 5.74) is 0.568. The predicted molar refractivity (Wildman–Crippen MR) is 49.1 cm³/mol. The molecular formula is C10H9NO2. The Bertz CT molecular complexity index is 317. The van der Waals surface area contributed by atoms with Crippen LogP contribution < -0.4 is 5.32 Å². The molecule has 1 rings (SSSR count). The quantitative estimate of drug-likeness (QED) is 0.553. The number of aldehydes is 1. The predicted octanol–water partition coefficient (Wildman–Crippen LogP) is 1.13. The summed E-state index contributed by atoms with van der Waals surface area (Å²) in [5, 5.41) is 2.45. The van der Waals surface area contributed by atoms with E-state index in [1.54, 1.807) is 24.3 Å². The van der Waals surface area contributed by atoms with Gasteiger partial charge in [-0.1, -0.05) is 18.2 Å². The van der Waals surface area contributed by atoms with Gasteiger partial charge in [0.05, 0.1) is 0 Å². The molecule has 0 atom stereocenters. The SMILES string of the molecule is O=C/C=C/NC(=O)c1ccccc1. The summed E-state index contributed by atoms with van der Waals surface area (Å²) in [6.07, 6.45) is 3.13. The Morgan fingerprint density at radius 3 is 2.54 bits per heavy atom. The first-order valence-electron chi connectivity index (χ1n) is 3.81. The van der Waals surface area contributed by atoms with E-state index in [-0.39, 0.29) is 5.91 Å². The van der Waals surface area contributed by atoms with Crippen molar-refractivity contribution in [3.8, 4) is 0 Å². The van der Waals surface area contributed by atoms with E-state index >= 15 is 0 Å². The van der Waals surface area contributed by atoms with E-state index in [1.165, 1.54) is 12.3 Å². The van der Waals surface area contributed by atoms with Crippen molar-refractivity contribution in [2.75, 3.05) is 0 Å². The van der Waals surface area contributed by atoms with Gasteiger partial charge in [-0.25, -0.2) is 0 Å². The lowest BCUT2D eigenvalue weighted by Crippen LogP contribution is -2.16. The van der Waals surface area contributed by atoms with Gasteiger partial charge in [0, 0.05) is 11.8 Å². The highest BCUT2D eigenvalue weighted by Crippen LogP contribution is 1.97. The molecule has 0 aliphatic rings. The van der Waals surface area contributed by atoms with Gasteiger partial charge in [-0.15, -0.1) is 0 Å². The summed E-state index contributed by atoms with van der Waals surface area (Å²) in [5.74, 6) is -0.223. The molecule has 0 unspecified atom stereocenters. The molecule has 0 aliphatic heterocycles. The molecule has 0 saturated carbocycles. The Labute approximate surface area is 76.1 Å². The van der Waals surface area contributed by atoms with Crippen molar-refractivity contribution in [3.05, 3.63) is 48.2 Å². The Morgan fingerprint density at radius 1 is 1.23 bits per heavy atom. The van der Waals surface area contributed by atoms with Gasteiger partial charge in [0.2, 0.25) is 0 Å². The Hall–Kier alpha value is -1.90. The van der Waals surface area contributed by atoms with Crippen LogP contribution >= 0.6 is 0 Å². The largest absolute Gasteiger partial charge is 0.328 e. The highest BCUT2D eigenvalue weighted by Gasteiger charge is 1.99. The molecule has 0 radical (unpaired) electrons. The summed E-state index contributed by atoms with van der Waals surface area (Å²) in [6.45, 7) is 0. The minimum Gasteiger partial charge on any atom is -0.328 e. The lowest BCUT2D eigenvalue weighted by molar-refractivity contribution is -0.104. The van der Waals surface area contributed by atoms with Crippen molar-refractivity contribution in [1.29, 1.82) is 0 Å². The Kier molecular flexibility index (Phi) is 3.45. The fourth-order valence-electron chi connectivity index (χ4n) is 0.836. The minimum absolute atomic E-state index is 0.223. The standard InChI is InChI=1S/C10H9NO2/c12-8-4-7-11-10(13)9-5-2-1-3-6-9/h1-8H,(H,11,13)/b7-4+. The van der Waals surface area contributed by atoms with Gasteiger partial charge in [-0.2, -0.15) is 0 Å². The van der Waals surface area contributed by atoms with Crippen LogP contribution in [0.15, 0.2) is 42.6 Å². The molecule has 0 spiro atoms. The monoisotopic (exact) mass is 175 g/mol. The number of carbonyl (C=O) groups is 2.